The van der Waals surface area contributed by atoms with Crippen molar-refractivity contribution in [1.82, 2.24) is 15.2 Å². The zero-order valence-electron chi connectivity index (χ0n) is 15.4. The molecule has 2 fully saturated rings. The molecule has 0 saturated heterocycles. The Morgan fingerprint density at radius 2 is 1.81 bits per heavy atom. The maximum absolute atomic E-state index is 13.0. The molecule has 2 saturated carbocycles. The third-order valence-corrected chi connectivity index (χ3v) is 7.34. The van der Waals surface area contributed by atoms with E-state index >= 15 is 0 Å². The van der Waals surface area contributed by atoms with E-state index in [2.05, 4.69) is 15.2 Å². The normalized spacial score (nSPS) is 26.0. The fourth-order valence-corrected chi connectivity index (χ4v) is 5.86. The number of amides is 1. The maximum Gasteiger partial charge on any atom is 0.246 e. The van der Waals surface area contributed by atoms with Crippen LogP contribution in [0, 0.1) is 13.8 Å². The van der Waals surface area contributed by atoms with E-state index in [1.165, 1.54) is 0 Å². The number of carbonyl (C=O) groups is 1. The van der Waals surface area contributed by atoms with Gasteiger partial charge in [-0.25, -0.2) is 8.42 Å². The third kappa shape index (κ3) is 3.79. The monoisotopic (exact) mass is 384 g/mol. The van der Waals surface area contributed by atoms with Gasteiger partial charge in [0.1, 0.15) is 16.1 Å². The number of aromatic nitrogens is 1. The molecule has 0 aliphatic heterocycles. The Morgan fingerprint density at radius 1 is 1.19 bits per heavy atom. The van der Waals surface area contributed by atoms with Gasteiger partial charge in [-0.2, -0.15) is 4.72 Å². The SMILES string of the molecule is Cc1noc(C)c1S(=O)(=O)NC1(C(=O)NC2CCC(N)CC2)CCCC1. The van der Waals surface area contributed by atoms with Crippen LogP contribution in [0.25, 0.3) is 0 Å². The molecule has 0 atom stereocenters. The van der Waals surface area contributed by atoms with E-state index in [4.69, 9.17) is 10.3 Å². The fourth-order valence-electron chi connectivity index (χ4n) is 4.11. The van der Waals surface area contributed by atoms with Gasteiger partial charge in [0.05, 0.1) is 0 Å². The van der Waals surface area contributed by atoms with Crippen molar-refractivity contribution in [3.63, 3.8) is 0 Å². The van der Waals surface area contributed by atoms with Crippen LogP contribution < -0.4 is 15.8 Å². The van der Waals surface area contributed by atoms with Crippen LogP contribution in [-0.2, 0) is 14.8 Å². The average Bonchev–Trinajstić information content (AvgIpc) is 3.17. The summed E-state index contributed by atoms with van der Waals surface area (Å²) in [4.78, 5) is 13.1. The first-order chi connectivity index (χ1) is 12.2. The summed E-state index contributed by atoms with van der Waals surface area (Å²) in [6.45, 7) is 3.14. The lowest BCUT2D eigenvalue weighted by Gasteiger charge is -2.33. The highest BCUT2D eigenvalue weighted by atomic mass is 32.2. The van der Waals surface area contributed by atoms with Crippen molar-refractivity contribution in [1.29, 1.82) is 0 Å². The van der Waals surface area contributed by atoms with Crippen molar-refractivity contribution < 1.29 is 17.7 Å². The molecule has 4 N–H and O–H groups in total. The molecule has 0 unspecified atom stereocenters. The number of carbonyl (C=O) groups excluding carboxylic acids is 1. The predicted molar refractivity (Wildman–Crippen MR) is 95.9 cm³/mol. The molecule has 0 bridgehead atoms. The summed E-state index contributed by atoms with van der Waals surface area (Å²) in [7, 11) is -3.90. The molecule has 9 heteroatoms. The Hall–Kier alpha value is -1.45. The van der Waals surface area contributed by atoms with Crippen LogP contribution in [0.3, 0.4) is 0 Å². The molecule has 1 amide bonds. The predicted octanol–water partition coefficient (Wildman–Crippen LogP) is 1.27. The topological polar surface area (TPSA) is 127 Å². The minimum atomic E-state index is -3.90. The van der Waals surface area contributed by atoms with Crippen molar-refractivity contribution in [2.24, 2.45) is 5.73 Å². The number of rotatable bonds is 5. The molecule has 1 aromatic heterocycles. The second kappa shape index (κ2) is 7.28. The minimum Gasteiger partial charge on any atom is -0.360 e. The molecule has 1 heterocycles. The highest BCUT2D eigenvalue weighted by molar-refractivity contribution is 7.89. The first-order valence-electron chi connectivity index (χ1n) is 9.27. The van der Waals surface area contributed by atoms with Crippen LogP contribution in [-0.4, -0.2) is 37.1 Å². The van der Waals surface area contributed by atoms with Crippen molar-refractivity contribution in [2.45, 2.75) is 87.7 Å². The zero-order chi connectivity index (χ0) is 18.9. The molecule has 2 aliphatic rings. The third-order valence-electron chi connectivity index (χ3n) is 5.57. The zero-order valence-corrected chi connectivity index (χ0v) is 16.2. The summed E-state index contributed by atoms with van der Waals surface area (Å²) in [6.07, 6.45) is 6.03. The molecule has 0 aromatic carbocycles. The smallest absolute Gasteiger partial charge is 0.246 e. The van der Waals surface area contributed by atoms with Gasteiger partial charge in [0.25, 0.3) is 0 Å². The van der Waals surface area contributed by atoms with E-state index in [0.717, 1.165) is 38.5 Å². The second-order valence-corrected chi connectivity index (χ2v) is 9.25. The van der Waals surface area contributed by atoms with Crippen LogP contribution in [0.1, 0.15) is 62.8 Å². The Kier molecular flexibility index (Phi) is 5.41. The molecule has 26 heavy (non-hydrogen) atoms. The molecule has 0 radical (unpaired) electrons. The van der Waals surface area contributed by atoms with E-state index in [1.807, 2.05) is 0 Å². The Balaban J connectivity index is 1.78. The van der Waals surface area contributed by atoms with Gasteiger partial charge in [-0.15, -0.1) is 0 Å². The Morgan fingerprint density at radius 3 is 2.35 bits per heavy atom. The quantitative estimate of drug-likeness (QED) is 0.701. The van der Waals surface area contributed by atoms with Crippen molar-refractivity contribution in [3.8, 4) is 0 Å². The number of nitrogens with two attached hydrogens (primary N) is 1. The van der Waals surface area contributed by atoms with Gasteiger partial charge in [0, 0.05) is 12.1 Å². The first kappa shape index (κ1) is 19.3. The molecule has 2 aliphatic carbocycles. The van der Waals surface area contributed by atoms with Gasteiger partial charge in [-0.1, -0.05) is 18.0 Å². The highest BCUT2D eigenvalue weighted by Crippen LogP contribution is 2.33. The number of hydrogen-bond acceptors (Lipinski definition) is 6. The van der Waals surface area contributed by atoms with E-state index in [9.17, 15) is 13.2 Å². The van der Waals surface area contributed by atoms with Crippen molar-refractivity contribution >= 4 is 15.9 Å². The maximum atomic E-state index is 13.0. The fraction of sp³-hybridized carbons (Fsp3) is 0.765. The molecule has 1 aromatic rings. The number of nitrogens with one attached hydrogen (secondary N) is 2. The molecule has 3 rings (SSSR count). The highest BCUT2D eigenvalue weighted by Gasteiger charge is 2.46. The van der Waals surface area contributed by atoms with Gasteiger partial charge >= 0.3 is 0 Å². The minimum absolute atomic E-state index is 0.0280. The Bertz CT molecular complexity index is 740. The van der Waals surface area contributed by atoms with Crippen molar-refractivity contribution in [2.75, 3.05) is 0 Å². The van der Waals surface area contributed by atoms with Crippen LogP contribution >= 0.6 is 0 Å². The number of nitrogens with zero attached hydrogens (tertiary/aromatic N) is 1. The lowest BCUT2D eigenvalue weighted by Crippen LogP contribution is -2.59. The van der Waals surface area contributed by atoms with E-state index in [1.54, 1.807) is 13.8 Å². The standard InChI is InChI=1S/C17H28N4O4S/c1-11-15(12(2)25-20-11)26(23,24)21-17(9-3-4-10-17)16(22)19-14-7-5-13(18)6-8-14/h13-14,21H,3-10,18H2,1-2H3,(H,19,22). The summed E-state index contributed by atoms with van der Waals surface area (Å²) in [6, 6.07) is 0.255. The van der Waals surface area contributed by atoms with Crippen LogP contribution in [0.2, 0.25) is 0 Å². The molecule has 146 valence electrons. The van der Waals surface area contributed by atoms with Gasteiger partial charge in [0.2, 0.25) is 15.9 Å². The number of sulfonamides is 1. The van der Waals surface area contributed by atoms with Crippen LogP contribution in [0.4, 0.5) is 0 Å². The molecular formula is C17H28N4O4S. The summed E-state index contributed by atoms with van der Waals surface area (Å²) in [5, 5.41) is 6.78. The number of aryl methyl sites for hydroxylation is 2. The van der Waals surface area contributed by atoms with Gasteiger partial charge in [0.15, 0.2) is 5.76 Å². The molecule has 0 spiro atoms. The summed E-state index contributed by atoms with van der Waals surface area (Å²) in [5.74, 6) is -0.00405. The van der Waals surface area contributed by atoms with E-state index in [-0.39, 0.29) is 28.6 Å². The Labute approximate surface area is 154 Å². The lowest BCUT2D eigenvalue weighted by molar-refractivity contribution is -0.127. The summed E-state index contributed by atoms with van der Waals surface area (Å²) < 4.78 is 33.5. The largest absolute Gasteiger partial charge is 0.360 e. The first-order valence-corrected chi connectivity index (χ1v) is 10.8. The van der Waals surface area contributed by atoms with E-state index in [0.29, 0.717) is 18.5 Å². The lowest BCUT2D eigenvalue weighted by atomic mass is 9.90. The number of hydrogen-bond donors (Lipinski definition) is 3. The summed E-state index contributed by atoms with van der Waals surface area (Å²) in [5.41, 5.74) is 5.12. The van der Waals surface area contributed by atoms with Gasteiger partial charge in [-0.05, 0) is 52.4 Å². The van der Waals surface area contributed by atoms with E-state index < -0.39 is 15.6 Å². The molecule has 8 nitrogen and oxygen atoms in total. The van der Waals surface area contributed by atoms with Crippen molar-refractivity contribution in [3.05, 3.63) is 11.5 Å². The summed E-state index contributed by atoms with van der Waals surface area (Å²) >= 11 is 0. The van der Waals surface area contributed by atoms with Crippen LogP contribution in [0.15, 0.2) is 9.42 Å². The van der Waals surface area contributed by atoms with Gasteiger partial charge < -0.3 is 15.6 Å². The van der Waals surface area contributed by atoms with Crippen LogP contribution in [0.5, 0.6) is 0 Å². The second-order valence-electron chi connectivity index (χ2n) is 7.63. The molecular weight excluding hydrogens is 356 g/mol. The average molecular weight is 385 g/mol. The van der Waals surface area contributed by atoms with Gasteiger partial charge in [-0.3, -0.25) is 4.79 Å².